The monoisotopic (exact) mass is 305 g/mol. The maximum atomic E-state index is 6.34. The minimum Gasteiger partial charge on any atom is -0.326 e. The molecule has 0 radical (unpaired) electrons. The number of alkyl halides is 1. The Kier molecular flexibility index (Phi) is 4.48. The molecule has 1 atom stereocenters. The zero-order valence-electron chi connectivity index (χ0n) is 12.9. The normalized spacial score (nSPS) is 24.3. The van der Waals surface area contributed by atoms with Crippen molar-refractivity contribution in [1.29, 1.82) is 0 Å². The molecule has 0 aromatic carbocycles. The molecule has 0 N–H and O–H groups in total. The Labute approximate surface area is 131 Å². The Morgan fingerprint density at radius 3 is 2.67 bits per heavy atom. The van der Waals surface area contributed by atoms with Crippen LogP contribution in [-0.2, 0) is 6.54 Å². The second kappa shape index (κ2) is 6.35. The van der Waals surface area contributed by atoms with Gasteiger partial charge < -0.3 is 4.57 Å². The molecule has 1 saturated carbocycles. The van der Waals surface area contributed by atoms with Crippen molar-refractivity contribution < 1.29 is 0 Å². The highest BCUT2D eigenvalue weighted by atomic mass is 35.5. The lowest BCUT2D eigenvalue weighted by atomic mass is 9.81. The van der Waals surface area contributed by atoms with Crippen molar-refractivity contribution in [3.63, 3.8) is 0 Å². The fraction of sp³-hybridized carbons (Fsp3) is 0.647. The molecule has 3 rings (SSSR count). The first kappa shape index (κ1) is 14.8. The number of nitrogens with zero attached hydrogens (tertiary/aromatic N) is 3. The second-order valence-electron chi connectivity index (χ2n) is 6.36. The summed E-state index contributed by atoms with van der Waals surface area (Å²) in [5.41, 5.74) is 2.13. The standard InChI is InChI=1S/C17H24ClN3/c1-3-13-4-6-14(7-5-13)11-21-16-8-9-19-10-15(16)20-17(21)12(2)18/h8-10,12-14H,3-7,11H2,1-2H3. The van der Waals surface area contributed by atoms with E-state index >= 15 is 0 Å². The first-order valence-corrected chi connectivity index (χ1v) is 8.57. The highest BCUT2D eigenvalue weighted by Gasteiger charge is 2.23. The summed E-state index contributed by atoms with van der Waals surface area (Å²) in [6.07, 6.45) is 10.4. The highest BCUT2D eigenvalue weighted by molar-refractivity contribution is 6.20. The summed E-state index contributed by atoms with van der Waals surface area (Å²) in [5.74, 6) is 2.68. The van der Waals surface area contributed by atoms with Crippen LogP contribution in [0, 0.1) is 11.8 Å². The molecular formula is C17H24ClN3. The lowest BCUT2D eigenvalue weighted by Gasteiger charge is -2.28. The largest absolute Gasteiger partial charge is 0.326 e. The van der Waals surface area contributed by atoms with Crippen LogP contribution in [-0.4, -0.2) is 14.5 Å². The van der Waals surface area contributed by atoms with E-state index in [0.717, 1.165) is 29.7 Å². The second-order valence-corrected chi connectivity index (χ2v) is 7.01. The van der Waals surface area contributed by atoms with Crippen LogP contribution in [0.25, 0.3) is 11.0 Å². The van der Waals surface area contributed by atoms with Gasteiger partial charge in [0.15, 0.2) is 0 Å². The number of hydrogen-bond donors (Lipinski definition) is 0. The van der Waals surface area contributed by atoms with Gasteiger partial charge in [-0.05, 0) is 37.7 Å². The zero-order chi connectivity index (χ0) is 14.8. The number of aromatic nitrogens is 3. The Hall–Kier alpha value is -1.09. The van der Waals surface area contributed by atoms with E-state index in [0.29, 0.717) is 0 Å². The van der Waals surface area contributed by atoms with Crippen molar-refractivity contribution in [3.8, 4) is 0 Å². The molecule has 1 aliphatic carbocycles. The van der Waals surface area contributed by atoms with Crippen molar-refractivity contribution in [2.75, 3.05) is 0 Å². The van der Waals surface area contributed by atoms with E-state index in [1.54, 1.807) is 0 Å². The van der Waals surface area contributed by atoms with Crippen LogP contribution in [0.1, 0.15) is 57.2 Å². The molecule has 2 heterocycles. The molecule has 114 valence electrons. The quantitative estimate of drug-likeness (QED) is 0.748. The summed E-state index contributed by atoms with van der Waals surface area (Å²) in [5, 5.41) is -0.0654. The fourth-order valence-electron chi connectivity index (χ4n) is 3.58. The van der Waals surface area contributed by atoms with E-state index in [1.165, 1.54) is 37.6 Å². The van der Waals surface area contributed by atoms with Gasteiger partial charge in [0, 0.05) is 12.7 Å². The molecule has 4 heteroatoms. The number of fused-ring (bicyclic) bond motifs is 1. The third-order valence-corrected chi connectivity index (χ3v) is 5.12. The third-order valence-electron chi connectivity index (χ3n) is 4.92. The fourth-order valence-corrected chi connectivity index (χ4v) is 3.74. The van der Waals surface area contributed by atoms with Gasteiger partial charge in [-0.3, -0.25) is 4.98 Å². The molecule has 21 heavy (non-hydrogen) atoms. The molecular weight excluding hydrogens is 282 g/mol. The lowest BCUT2D eigenvalue weighted by molar-refractivity contribution is 0.248. The summed E-state index contributed by atoms with van der Waals surface area (Å²) in [4.78, 5) is 8.85. The molecule has 3 nitrogen and oxygen atoms in total. The van der Waals surface area contributed by atoms with E-state index in [2.05, 4.69) is 27.5 Å². The van der Waals surface area contributed by atoms with Gasteiger partial charge >= 0.3 is 0 Å². The predicted molar refractivity (Wildman–Crippen MR) is 87.5 cm³/mol. The van der Waals surface area contributed by atoms with E-state index < -0.39 is 0 Å². The van der Waals surface area contributed by atoms with Crippen LogP contribution in [0.4, 0.5) is 0 Å². The number of pyridine rings is 1. The molecule has 1 unspecified atom stereocenters. The van der Waals surface area contributed by atoms with Crippen molar-refractivity contribution in [3.05, 3.63) is 24.3 Å². The van der Waals surface area contributed by atoms with Gasteiger partial charge in [-0.15, -0.1) is 11.6 Å². The van der Waals surface area contributed by atoms with Gasteiger partial charge in [-0.2, -0.15) is 0 Å². The molecule has 1 aliphatic rings. The predicted octanol–water partition coefficient (Wildman–Crippen LogP) is 4.95. The average Bonchev–Trinajstić information content (AvgIpc) is 2.87. The molecule has 2 aromatic heterocycles. The summed E-state index contributed by atoms with van der Waals surface area (Å²) >= 11 is 6.34. The summed E-state index contributed by atoms with van der Waals surface area (Å²) in [6.45, 7) is 5.36. The van der Waals surface area contributed by atoms with Gasteiger partial charge in [0.1, 0.15) is 11.3 Å². The number of imidazole rings is 1. The van der Waals surface area contributed by atoms with Crippen LogP contribution < -0.4 is 0 Å². The van der Waals surface area contributed by atoms with Crippen molar-refractivity contribution >= 4 is 22.6 Å². The summed E-state index contributed by atoms with van der Waals surface area (Å²) in [7, 11) is 0. The smallest absolute Gasteiger partial charge is 0.127 e. The van der Waals surface area contributed by atoms with E-state index in [9.17, 15) is 0 Å². The first-order valence-electron chi connectivity index (χ1n) is 8.13. The maximum absolute atomic E-state index is 6.34. The van der Waals surface area contributed by atoms with Crippen LogP contribution in [0.15, 0.2) is 18.5 Å². The van der Waals surface area contributed by atoms with E-state index in [1.807, 2.05) is 19.3 Å². The Bertz CT molecular complexity index is 597. The number of hydrogen-bond acceptors (Lipinski definition) is 2. The molecule has 0 spiro atoms. The van der Waals surface area contributed by atoms with Crippen LogP contribution in [0.2, 0.25) is 0 Å². The lowest BCUT2D eigenvalue weighted by Crippen LogP contribution is -2.20. The van der Waals surface area contributed by atoms with Crippen LogP contribution in [0.5, 0.6) is 0 Å². The Morgan fingerprint density at radius 2 is 2.00 bits per heavy atom. The molecule has 0 bridgehead atoms. The molecule has 0 amide bonds. The molecule has 0 saturated heterocycles. The van der Waals surface area contributed by atoms with Crippen molar-refractivity contribution in [2.45, 2.75) is 57.9 Å². The number of halogens is 1. The van der Waals surface area contributed by atoms with Crippen LogP contribution in [0.3, 0.4) is 0 Å². The van der Waals surface area contributed by atoms with E-state index in [-0.39, 0.29) is 5.38 Å². The van der Waals surface area contributed by atoms with Gasteiger partial charge in [0.25, 0.3) is 0 Å². The van der Waals surface area contributed by atoms with Gasteiger partial charge in [0.05, 0.1) is 17.1 Å². The van der Waals surface area contributed by atoms with Crippen LogP contribution >= 0.6 is 11.6 Å². The topological polar surface area (TPSA) is 30.7 Å². The van der Waals surface area contributed by atoms with E-state index in [4.69, 9.17) is 11.6 Å². The SMILES string of the molecule is CCC1CCC(Cn2c(C(C)Cl)nc3cnccc32)CC1. The zero-order valence-corrected chi connectivity index (χ0v) is 13.7. The summed E-state index contributed by atoms with van der Waals surface area (Å²) in [6, 6.07) is 2.06. The minimum atomic E-state index is -0.0654. The maximum Gasteiger partial charge on any atom is 0.127 e. The van der Waals surface area contributed by atoms with Gasteiger partial charge in [-0.1, -0.05) is 26.2 Å². The summed E-state index contributed by atoms with van der Waals surface area (Å²) < 4.78 is 2.33. The van der Waals surface area contributed by atoms with Crippen molar-refractivity contribution in [1.82, 2.24) is 14.5 Å². The van der Waals surface area contributed by atoms with Gasteiger partial charge in [0.2, 0.25) is 0 Å². The average molecular weight is 306 g/mol. The molecule has 2 aromatic rings. The Balaban J connectivity index is 1.84. The Morgan fingerprint density at radius 1 is 1.29 bits per heavy atom. The molecule has 0 aliphatic heterocycles. The van der Waals surface area contributed by atoms with Gasteiger partial charge in [-0.25, -0.2) is 4.98 Å². The molecule has 1 fully saturated rings. The third kappa shape index (κ3) is 3.08. The van der Waals surface area contributed by atoms with Crippen molar-refractivity contribution in [2.24, 2.45) is 11.8 Å². The number of rotatable bonds is 4. The first-order chi connectivity index (χ1) is 10.2. The minimum absolute atomic E-state index is 0.0654. The highest BCUT2D eigenvalue weighted by Crippen LogP contribution is 2.33.